The van der Waals surface area contributed by atoms with Crippen LogP contribution in [0.2, 0.25) is 0 Å². The van der Waals surface area contributed by atoms with Gasteiger partial charge in [-0.1, -0.05) is 45.0 Å². The Hall–Kier alpha value is -2.80. The molecule has 0 spiro atoms. The minimum absolute atomic E-state index is 0.0156. The number of esters is 1. The topological polar surface area (TPSA) is 93.7 Å². The van der Waals surface area contributed by atoms with Crippen LogP contribution in [0.3, 0.4) is 0 Å². The first-order chi connectivity index (χ1) is 19.3. The smallest absolute Gasteiger partial charge is 0.323 e. The van der Waals surface area contributed by atoms with Gasteiger partial charge in [0.1, 0.15) is 18.1 Å². The zero-order valence-electron chi connectivity index (χ0n) is 23.6. The number of ether oxygens (including phenoxy) is 1. The molecular formula is C31H39N2O5PS. The summed E-state index contributed by atoms with van der Waals surface area (Å²) in [6.45, 7) is 8.43. The Balaban J connectivity index is 1.54. The van der Waals surface area contributed by atoms with E-state index in [1.165, 1.54) is 11.3 Å². The summed E-state index contributed by atoms with van der Waals surface area (Å²) in [5, 5.41) is 7.30. The first kappa shape index (κ1) is 30.2. The highest BCUT2D eigenvalue weighted by Crippen LogP contribution is 2.51. The van der Waals surface area contributed by atoms with Gasteiger partial charge in [-0.2, -0.15) is 0 Å². The van der Waals surface area contributed by atoms with Gasteiger partial charge in [-0.25, -0.2) is 5.09 Å². The molecule has 0 saturated heterocycles. The van der Waals surface area contributed by atoms with Gasteiger partial charge < -0.3 is 19.4 Å². The molecule has 9 heteroatoms. The van der Waals surface area contributed by atoms with E-state index in [-0.39, 0.29) is 17.5 Å². The van der Waals surface area contributed by atoms with E-state index in [1.54, 1.807) is 6.92 Å². The molecule has 0 aliphatic heterocycles. The molecule has 4 rings (SSSR count). The number of nitrogens with one attached hydrogen (secondary N) is 2. The van der Waals surface area contributed by atoms with Crippen LogP contribution >= 0.6 is 19.6 Å². The van der Waals surface area contributed by atoms with E-state index >= 15 is 0 Å². The third-order valence-electron chi connectivity index (χ3n) is 7.20. The first-order valence-electron chi connectivity index (χ1n) is 14.1. The minimum Gasteiger partial charge on any atom is -0.465 e. The Bertz CT molecular complexity index is 1300. The fourth-order valence-corrected chi connectivity index (χ4v) is 7.61. The van der Waals surface area contributed by atoms with E-state index < -0.39 is 20.4 Å². The van der Waals surface area contributed by atoms with Gasteiger partial charge in [-0.3, -0.25) is 9.59 Å². The Morgan fingerprint density at radius 1 is 1.15 bits per heavy atom. The fourth-order valence-electron chi connectivity index (χ4n) is 4.71. The van der Waals surface area contributed by atoms with Crippen molar-refractivity contribution in [1.29, 1.82) is 0 Å². The van der Waals surface area contributed by atoms with Gasteiger partial charge in [0.05, 0.1) is 23.2 Å². The molecule has 5 unspecified atom stereocenters. The monoisotopic (exact) mass is 582 g/mol. The second-order valence-corrected chi connectivity index (χ2v) is 13.3. The summed E-state index contributed by atoms with van der Waals surface area (Å²) in [5.41, 5.74) is 1.05. The van der Waals surface area contributed by atoms with Crippen molar-refractivity contribution in [3.05, 3.63) is 65.0 Å². The molecule has 1 aromatic heterocycles. The van der Waals surface area contributed by atoms with Crippen molar-refractivity contribution < 1.29 is 23.6 Å². The lowest BCUT2D eigenvalue weighted by Crippen LogP contribution is -2.36. The number of rotatable bonds is 15. The van der Waals surface area contributed by atoms with Crippen LogP contribution in [0.25, 0.3) is 10.1 Å². The lowest BCUT2D eigenvalue weighted by molar-refractivity contribution is -0.145. The maximum atomic E-state index is 13.0. The molecule has 1 aliphatic rings. The molecular weight excluding hydrogens is 543 g/mol. The first-order valence-corrected chi connectivity index (χ1v) is 16.2. The Morgan fingerprint density at radius 2 is 1.90 bits per heavy atom. The predicted octanol–water partition coefficient (Wildman–Crippen LogP) is 7.02. The van der Waals surface area contributed by atoms with Crippen LogP contribution in [0.4, 0.5) is 0 Å². The third kappa shape index (κ3) is 7.90. The van der Waals surface area contributed by atoms with Crippen molar-refractivity contribution in [3.8, 4) is 5.75 Å². The molecule has 2 N–H and O–H groups in total. The molecule has 7 nitrogen and oxygen atoms in total. The van der Waals surface area contributed by atoms with E-state index in [2.05, 4.69) is 36.4 Å². The van der Waals surface area contributed by atoms with Gasteiger partial charge in [-0.15, -0.1) is 11.3 Å². The quantitative estimate of drug-likeness (QED) is 0.114. The third-order valence-corrected chi connectivity index (χ3v) is 10.6. The van der Waals surface area contributed by atoms with Crippen LogP contribution in [0.5, 0.6) is 5.75 Å². The molecule has 6 atom stereocenters. The maximum absolute atomic E-state index is 13.0. The van der Waals surface area contributed by atoms with E-state index in [0.717, 1.165) is 46.9 Å². The van der Waals surface area contributed by atoms with Crippen molar-refractivity contribution in [3.63, 3.8) is 0 Å². The fraction of sp³-hybridized carbons (Fsp3) is 0.452. The minimum atomic E-state index is -1.31. The number of hydrogen-bond donors (Lipinski definition) is 2. The number of benzene rings is 2. The normalized spacial score (nSPS) is 19.3. The summed E-state index contributed by atoms with van der Waals surface area (Å²) in [6, 6.07) is 16.7. The summed E-state index contributed by atoms with van der Waals surface area (Å²) >= 11 is 1.42. The van der Waals surface area contributed by atoms with Crippen molar-refractivity contribution in [2.45, 2.75) is 71.1 Å². The predicted molar refractivity (Wildman–Crippen MR) is 162 cm³/mol. The van der Waals surface area contributed by atoms with E-state index in [0.29, 0.717) is 29.7 Å². The van der Waals surface area contributed by atoms with Crippen molar-refractivity contribution in [2.24, 2.45) is 11.8 Å². The van der Waals surface area contributed by atoms with Crippen LogP contribution in [0.15, 0.2) is 54.6 Å². The van der Waals surface area contributed by atoms with Gasteiger partial charge in [-0.05, 0) is 85.7 Å². The number of thiophene rings is 1. The molecule has 0 radical (unpaired) electrons. The molecule has 1 aliphatic carbocycles. The SMILES string of the molecule is CCCOC(=O)C(C)NP(Oc1ccccc1)C(CC)c1ccc2sc(C(=O)N[C@H](C=O)CC3CC3C)cc2c1. The van der Waals surface area contributed by atoms with Crippen LogP contribution < -0.4 is 14.9 Å². The zero-order valence-corrected chi connectivity index (χ0v) is 25.3. The van der Waals surface area contributed by atoms with E-state index in [4.69, 9.17) is 9.26 Å². The average molecular weight is 583 g/mol. The van der Waals surface area contributed by atoms with Crippen LogP contribution in [0, 0.1) is 11.8 Å². The van der Waals surface area contributed by atoms with Gasteiger partial charge in [0.2, 0.25) is 0 Å². The molecule has 1 saturated carbocycles. The van der Waals surface area contributed by atoms with E-state index in [9.17, 15) is 14.4 Å². The Kier molecular flexibility index (Phi) is 10.7. The lowest BCUT2D eigenvalue weighted by atomic mass is 10.1. The molecule has 0 bridgehead atoms. The molecule has 40 heavy (non-hydrogen) atoms. The van der Waals surface area contributed by atoms with Crippen molar-refractivity contribution in [1.82, 2.24) is 10.4 Å². The number of hydrogen-bond acceptors (Lipinski definition) is 7. The number of carbonyl (C=O) groups is 3. The summed E-state index contributed by atoms with van der Waals surface area (Å²) in [4.78, 5) is 37.7. The standard InChI is InChI=1S/C31H39N2O5PS/c1-5-14-37-31(36)21(4)33-39(38-26-10-8-7-9-11-26)27(6-2)22-12-13-28-24(16-22)18-29(40-28)30(35)32-25(19-34)17-23-15-20(23)3/h7-13,16,18-21,23,25,27,33H,5-6,14-15,17H2,1-4H3,(H,32,35)/t20?,21?,23?,25-,27?,39?/m0/s1. The van der Waals surface area contributed by atoms with Crippen LogP contribution in [-0.4, -0.2) is 36.9 Å². The number of fused-ring (bicyclic) bond motifs is 1. The largest absolute Gasteiger partial charge is 0.465 e. The van der Waals surface area contributed by atoms with Crippen LogP contribution in [0.1, 0.15) is 74.3 Å². The Labute approximate surface area is 241 Å². The molecule has 1 fully saturated rings. The highest BCUT2D eigenvalue weighted by atomic mass is 32.1. The van der Waals surface area contributed by atoms with E-state index in [1.807, 2.05) is 49.4 Å². The van der Waals surface area contributed by atoms with Crippen molar-refractivity contribution in [2.75, 3.05) is 6.61 Å². The molecule has 2 aromatic carbocycles. The average Bonchev–Trinajstić information content (AvgIpc) is 3.48. The Morgan fingerprint density at radius 3 is 2.55 bits per heavy atom. The number of carbonyl (C=O) groups excluding carboxylic acids is 3. The summed E-state index contributed by atoms with van der Waals surface area (Å²) in [6.07, 6.45) is 4.22. The highest BCUT2D eigenvalue weighted by Gasteiger charge is 2.35. The van der Waals surface area contributed by atoms with Gasteiger partial charge in [0, 0.05) is 4.70 Å². The number of para-hydroxylation sites is 1. The van der Waals surface area contributed by atoms with Crippen molar-refractivity contribution >= 4 is 47.9 Å². The number of amides is 1. The summed E-state index contributed by atoms with van der Waals surface area (Å²) in [5.74, 6) is 1.37. The van der Waals surface area contributed by atoms with Gasteiger partial charge >= 0.3 is 5.97 Å². The molecule has 214 valence electrons. The summed E-state index contributed by atoms with van der Waals surface area (Å²) in [7, 11) is -1.31. The van der Waals surface area contributed by atoms with Gasteiger partial charge in [0.15, 0.2) is 8.30 Å². The second kappa shape index (κ2) is 14.2. The van der Waals surface area contributed by atoms with Gasteiger partial charge in [0.25, 0.3) is 5.91 Å². The van der Waals surface area contributed by atoms with Crippen LogP contribution in [-0.2, 0) is 14.3 Å². The maximum Gasteiger partial charge on any atom is 0.323 e. The highest BCUT2D eigenvalue weighted by molar-refractivity contribution is 7.51. The lowest BCUT2D eigenvalue weighted by Gasteiger charge is -2.29. The molecule has 1 amide bonds. The number of aldehydes is 1. The molecule has 1 heterocycles. The summed E-state index contributed by atoms with van der Waals surface area (Å²) < 4.78 is 12.8. The second-order valence-electron chi connectivity index (χ2n) is 10.5. The zero-order chi connectivity index (χ0) is 28.6. The molecule has 3 aromatic rings.